The van der Waals surface area contributed by atoms with Crippen LogP contribution in [0.5, 0.6) is 5.88 Å². The molecule has 0 saturated carbocycles. The van der Waals surface area contributed by atoms with Gasteiger partial charge in [0.15, 0.2) is 16.7 Å². The zero-order valence-electron chi connectivity index (χ0n) is 22.3. The maximum atomic E-state index is 15.4. The van der Waals surface area contributed by atoms with Crippen molar-refractivity contribution < 1.29 is 33.3 Å². The largest absolute Gasteiger partial charge is 0.477 e. The number of carbonyl (C=O) groups excluding carboxylic acids is 1. The SMILES string of the molecule is CCOC[C@@]12CC[C@@H](C3[C@H](C)Oc4nc(Cl)c(F)c5c(C)c(C(=O)O)nc(c45)N3C1)N2C(=O)OC(C)(C)C. The quantitative estimate of drug-likeness (QED) is 0.546. The standard InChI is InChI=1S/C26H32ClFN4O6/c1-7-36-11-26-9-8-14(32(26)24(35)38-25(4,5)6)19-13(3)37-22-16-15(17(28)20(27)30-22)12(2)18(23(33)34)29-21(16)31(19)10-26/h13-14,19H,7-11H2,1-6H3,(H,33,34)/t13-,14-,19?,26+/m0/s1. The summed E-state index contributed by atoms with van der Waals surface area (Å²) in [4.78, 5) is 38.2. The van der Waals surface area contributed by atoms with Gasteiger partial charge in [0.1, 0.15) is 17.5 Å². The van der Waals surface area contributed by atoms with Crippen molar-refractivity contribution in [3.63, 3.8) is 0 Å². The van der Waals surface area contributed by atoms with Gasteiger partial charge in [-0.15, -0.1) is 0 Å². The topological polar surface area (TPSA) is 114 Å². The Morgan fingerprint density at radius 1 is 1.29 bits per heavy atom. The summed E-state index contributed by atoms with van der Waals surface area (Å²) >= 11 is 6.14. The molecule has 4 atom stereocenters. The van der Waals surface area contributed by atoms with Crippen LogP contribution in [-0.2, 0) is 9.47 Å². The zero-order chi connectivity index (χ0) is 27.7. The molecule has 38 heavy (non-hydrogen) atoms. The smallest absolute Gasteiger partial charge is 0.411 e. The second kappa shape index (κ2) is 9.08. The molecule has 5 rings (SSSR count). The average molecular weight is 551 g/mol. The monoisotopic (exact) mass is 550 g/mol. The van der Waals surface area contributed by atoms with Gasteiger partial charge in [-0.3, -0.25) is 4.90 Å². The molecule has 1 N–H and O–H groups in total. The number of hydrogen-bond donors (Lipinski definition) is 1. The van der Waals surface area contributed by atoms with Crippen molar-refractivity contribution in [2.45, 2.75) is 83.7 Å². The third-order valence-corrected chi connectivity index (χ3v) is 7.87. The molecule has 2 fully saturated rings. The van der Waals surface area contributed by atoms with Gasteiger partial charge in [0.05, 0.1) is 29.6 Å². The van der Waals surface area contributed by atoms with Gasteiger partial charge in [0.25, 0.3) is 0 Å². The van der Waals surface area contributed by atoms with E-state index in [1.54, 1.807) is 4.90 Å². The van der Waals surface area contributed by atoms with E-state index >= 15 is 4.39 Å². The minimum Gasteiger partial charge on any atom is -0.477 e. The molecule has 0 aromatic carbocycles. The first-order chi connectivity index (χ1) is 17.8. The van der Waals surface area contributed by atoms with E-state index in [4.69, 9.17) is 25.8 Å². The summed E-state index contributed by atoms with van der Waals surface area (Å²) in [6, 6.07) is -0.814. The number of fused-ring (bicyclic) bond motifs is 5. The molecule has 3 aliphatic rings. The van der Waals surface area contributed by atoms with E-state index < -0.39 is 46.3 Å². The fourth-order valence-corrected chi connectivity index (χ4v) is 6.38. The fourth-order valence-electron chi connectivity index (χ4n) is 6.21. The van der Waals surface area contributed by atoms with E-state index in [-0.39, 0.29) is 52.9 Å². The molecule has 0 radical (unpaired) electrons. The van der Waals surface area contributed by atoms with Crippen LogP contribution >= 0.6 is 11.6 Å². The lowest BCUT2D eigenvalue weighted by Gasteiger charge is -2.53. The highest BCUT2D eigenvalue weighted by molar-refractivity contribution is 6.30. The van der Waals surface area contributed by atoms with Crippen molar-refractivity contribution in [2.24, 2.45) is 0 Å². The van der Waals surface area contributed by atoms with Crippen LogP contribution in [0.3, 0.4) is 0 Å². The first kappa shape index (κ1) is 26.7. The second-order valence-corrected chi connectivity index (χ2v) is 11.6. The normalized spacial score (nSPS) is 26.2. The molecule has 10 nitrogen and oxygen atoms in total. The number of halogens is 2. The molecule has 2 aromatic rings. The van der Waals surface area contributed by atoms with Crippen LogP contribution in [0, 0.1) is 12.7 Å². The highest BCUT2D eigenvalue weighted by atomic mass is 35.5. The Morgan fingerprint density at radius 2 is 2.00 bits per heavy atom. The number of amides is 1. The van der Waals surface area contributed by atoms with E-state index in [9.17, 15) is 14.7 Å². The highest BCUT2D eigenvalue weighted by Crippen LogP contribution is 2.50. The van der Waals surface area contributed by atoms with Gasteiger partial charge < -0.3 is 24.2 Å². The Hall–Kier alpha value is -2.92. The van der Waals surface area contributed by atoms with Crippen LogP contribution in [0.25, 0.3) is 10.8 Å². The highest BCUT2D eigenvalue weighted by Gasteiger charge is 2.61. The number of piperazine rings is 1. The number of anilines is 1. The third-order valence-electron chi connectivity index (χ3n) is 7.62. The molecule has 0 spiro atoms. The summed E-state index contributed by atoms with van der Waals surface area (Å²) in [6.45, 7) is 11.6. The van der Waals surface area contributed by atoms with Gasteiger partial charge in [-0.2, -0.15) is 4.98 Å². The van der Waals surface area contributed by atoms with Gasteiger partial charge in [-0.05, 0) is 59.9 Å². The van der Waals surface area contributed by atoms with Crippen LogP contribution in [0.15, 0.2) is 0 Å². The molecule has 12 heteroatoms. The summed E-state index contributed by atoms with van der Waals surface area (Å²) in [7, 11) is 0. The Balaban J connectivity index is 1.74. The molecular formula is C26H32ClFN4O6. The lowest BCUT2D eigenvalue weighted by molar-refractivity contribution is -0.0452. The first-order valence-corrected chi connectivity index (χ1v) is 13.1. The van der Waals surface area contributed by atoms with Gasteiger partial charge in [0, 0.05) is 18.5 Å². The number of ether oxygens (including phenoxy) is 3. The fraction of sp³-hybridized carbons (Fsp3) is 0.615. The summed E-state index contributed by atoms with van der Waals surface area (Å²) in [5, 5.41) is 9.80. The van der Waals surface area contributed by atoms with E-state index in [1.807, 2.05) is 39.5 Å². The van der Waals surface area contributed by atoms with Gasteiger partial charge in [-0.1, -0.05) is 11.6 Å². The van der Waals surface area contributed by atoms with E-state index in [0.717, 1.165) is 0 Å². The summed E-state index contributed by atoms with van der Waals surface area (Å²) in [6.07, 6.45) is 0.292. The maximum Gasteiger partial charge on any atom is 0.411 e. The molecule has 5 heterocycles. The second-order valence-electron chi connectivity index (χ2n) is 11.2. The molecule has 2 saturated heterocycles. The Bertz CT molecular complexity index is 1330. The van der Waals surface area contributed by atoms with Crippen LogP contribution < -0.4 is 9.64 Å². The van der Waals surface area contributed by atoms with Crippen molar-refractivity contribution in [2.75, 3.05) is 24.7 Å². The molecule has 1 unspecified atom stereocenters. The van der Waals surface area contributed by atoms with Crippen molar-refractivity contribution in [1.82, 2.24) is 14.9 Å². The van der Waals surface area contributed by atoms with Crippen molar-refractivity contribution in [3.8, 4) is 5.88 Å². The number of aromatic carboxylic acids is 1. The lowest BCUT2D eigenvalue weighted by Crippen LogP contribution is -2.71. The molecule has 2 bridgehead atoms. The molecule has 1 amide bonds. The average Bonchev–Trinajstić information content (AvgIpc) is 3.02. The van der Waals surface area contributed by atoms with Crippen LogP contribution in [0.2, 0.25) is 5.15 Å². The minimum absolute atomic E-state index is 0.0102. The van der Waals surface area contributed by atoms with Gasteiger partial charge in [-0.25, -0.2) is 19.0 Å². The number of carboxylic acids is 1. The molecule has 2 aromatic heterocycles. The number of carboxylic acid groups (broad SMARTS) is 1. The van der Waals surface area contributed by atoms with Crippen LogP contribution in [0.1, 0.15) is 63.5 Å². The third kappa shape index (κ3) is 4.02. The number of nitrogens with zero attached hydrogens (tertiary/aromatic N) is 4. The predicted octanol–water partition coefficient (Wildman–Crippen LogP) is 4.57. The Labute approximate surface area is 225 Å². The number of hydrogen-bond acceptors (Lipinski definition) is 8. The predicted molar refractivity (Wildman–Crippen MR) is 138 cm³/mol. The summed E-state index contributed by atoms with van der Waals surface area (Å²) in [5.74, 6) is -1.80. The van der Waals surface area contributed by atoms with Crippen LogP contribution in [-0.4, -0.2) is 81.1 Å². The number of rotatable bonds is 4. The minimum atomic E-state index is -1.29. The first-order valence-electron chi connectivity index (χ1n) is 12.8. The molecule has 3 aliphatic heterocycles. The van der Waals surface area contributed by atoms with Crippen molar-refractivity contribution in [1.29, 1.82) is 0 Å². The number of pyridine rings is 2. The van der Waals surface area contributed by atoms with E-state index in [2.05, 4.69) is 9.97 Å². The van der Waals surface area contributed by atoms with Crippen molar-refractivity contribution in [3.05, 3.63) is 22.2 Å². The number of aryl methyl sites for hydroxylation is 1. The van der Waals surface area contributed by atoms with E-state index in [1.165, 1.54) is 6.92 Å². The molecule has 0 aliphatic carbocycles. The van der Waals surface area contributed by atoms with Crippen LogP contribution in [0.4, 0.5) is 15.0 Å². The van der Waals surface area contributed by atoms with Gasteiger partial charge >= 0.3 is 12.1 Å². The van der Waals surface area contributed by atoms with Crippen molar-refractivity contribution >= 4 is 40.3 Å². The summed E-state index contributed by atoms with van der Waals surface area (Å²) < 4.78 is 33.4. The zero-order valence-corrected chi connectivity index (χ0v) is 23.1. The number of carbonyl (C=O) groups is 2. The molecular weight excluding hydrogens is 519 g/mol. The Kier molecular flexibility index (Phi) is 6.38. The number of aromatic nitrogens is 2. The maximum absolute atomic E-state index is 15.4. The molecule has 206 valence electrons. The summed E-state index contributed by atoms with van der Waals surface area (Å²) in [5.41, 5.74) is -1.63. The lowest BCUT2D eigenvalue weighted by atomic mass is 9.92. The van der Waals surface area contributed by atoms with E-state index in [0.29, 0.717) is 19.4 Å². The Morgan fingerprint density at radius 3 is 2.63 bits per heavy atom. The van der Waals surface area contributed by atoms with Gasteiger partial charge in [0.2, 0.25) is 5.88 Å².